The molecular formula is C16H26N2O8. The van der Waals surface area contributed by atoms with E-state index in [2.05, 4.69) is 10.6 Å². The Morgan fingerprint density at radius 1 is 1.23 bits per heavy atom. The number of aliphatic hydroxyl groups excluding tert-OH is 3. The van der Waals surface area contributed by atoms with Gasteiger partial charge in [-0.3, -0.25) is 9.59 Å². The van der Waals surface area contributed by atoms with E-state index in [1.165, 1.54) is 6.92 Å². The molecule has 0 saturated heterocycles. The lowest BCUT2D eigenvalue weighted by Crippen LogP contribution is -2.63. The summed E-state index contributed by atoms with van der Waals surface area (Å²) >= 11 is 0. The van der Waals surface area contributed by atoms with Crippen molar-refractivity contribution in [3.05, 3.63) is 11.8 Å². The molecule has 5 atom stereocenters. The minimum Gasteiger partial charge on any atom is -0.478 e. The van der Waals surface area contributed by atoms with Crippen LogP contribution in [0, 0.1) is 5.92 Å². The molecule has 0 aliphatic carbocycles. The van der Waals surface area contributed by atoms with Crippen LogP contribution in [0.1, 0.15) is 27.2 Å². The van der Waals surface area contributed by atoms with Crippen LogP contribution in [0.2, 0.25) is 0 Å². The maximum absolute atomic E-state index is 12.1. The summed E-state index contributed by atoms with van der Waals surface area (Å²) in [4.78, 5) is 35.0. The summed E-state index contributed by atoms with van der Waals surface area (Å²) in [6.45, 7) is 4.06. The first-order valence-corrected chi connectivity index (χ1v) is 8.22. The number of aliphatic hydroxyl groups is 3. The average Bonchev–Trinajstić information content (AvgIpc) is 2.53. The van der Waals surface area contributed by atoms with E-state index in [0.29, 0.717) is 0 Å². The van der Waals surface area contributed by atoms with Gasteiger partial charge in [0.05, 0.1) is 18.7 Å². The van der Waals surface area contributed by atoms with E-state index in [1.54, 1.807) is 0 Å². The maximum Gasteiger partial charge on any atom is 0.370 e. The molecule has 148 valence electrons. The van der Waals surface area contributed by atoms with Crippen LogP contribution in [-0.2, 0) is 19.1 Å². The third kappa shape index (κ3) is 5.97. The van der Waals surface area contributed by atoms with Crippen molar-refractivity contribution < 1.29 is 39.5 Å². The van der Waals surface area contributed by atoms with Crippen molar-refractivity contribution in [3.8, 4) is 0 Å². The molecule has 1 aliphatic heterocycles. The summed E-state index contributed by atoms with van der Waals surface area (Å²) in [6.07, 6.45) is -3.44. The maximum atomic E-state index is 12.1. The largest absolute Gasteiger partial charge is 0.478 e. The molecule has 0 aromatic heterocycles. The molecule has 0 radical (unpaired) electrons. The lowest BCUT2D eigenvalue weighted by atomic mass is 9.91. The van der Waals surface area contributed by atoms with E-state index in [1.807, 2.05) is 13.8 Å². The number of ether oxygens (including phenoxy) is 1. The summed E-state index contributed by atoms with van der Waals surface area (Å²) in [5.74, 6) is -2.82. The molecule has 6 N–H and O–H groups in total. The van der Waals surface area contributed by atoms with E-state index >= 15 is 0 Å². The number of rotatable bonds is 8. The number of nitrogens with one attached hydrogen (secondary N) is 2. The fraction of sp³-hybridized carbons (Fsp3) is 0.688. The molecule has 10 heteroatoms. The highest BCUT2D eigenvalue weighted by molar-refractivity contribution is 5.85. The molecule has 1 aliphatic rings. The topological polar surface area (TPSA) is 165 Å². The Balaban J connectivity index is 3.20. The molecule has 0 spiro atoms. The molecule has 26 heavy (non-hydrogen) atoms. The molecule has 1 rings (SSSR count). The molecular weight excluding hydrogens is 348 g/mol. The molecule has 10 nitrogen and oxygen atoms in total. The normalized spacial score (nSPS) is 24.9. The molecule has 0 aromatic rings. The standard InChI is InChI=1S/C16H26N2O8/c1-7(2)4-12(22)18-9-5-11(16(24)25)26-15(13(9)17-8(3)20)14(23)10(21)6-19/h5,7,9-10,13-15,19,21,23H,4,6H2,1-3H3,(H,17,20)(H,18,22)(H,24,25)/t9-,10?,13+,14+,15+/m0/s1. The second-order valence-electron chi connectivity index (χ2n) is 6.58. The van der Waals surface area contributed by atoms with Gasteiger partial charge in [-0.1, -0.05) is 13.8 Å². The van der Waals surface area contributed by atoms with Crippen molar-refractivity contribution in [3.63, 3.8) is 0 Å². The van der Waals surface area contributed by atoms with Gasteiger partial charge in [-0.15, -0.1) is 0 Å². The number of carbonyl (C=O) groups excluding carboxylic acids is 2. The van der Waals surface area contributed by atoms with Gasteiger partial charge >= 0.3 is 5.97 Å². The smallest absolute Gasteiger partial charge is 0.370 e. The molecule has 0 saturated carbocycles. The van der Waals surface area contributed by atoms with Gasteiger partial charge in [-0.05, 0) is 12.0 Å². The fourth-order valence-corrected chi connectivity index (χ4v) is 2.61. The Morgan fingerprint density at radius 2 is 1.85 bits per heavy atom. The predicted octanol–water partition coefficient (Wildman–Crippen LogP) is -1.90. The number of carbonyl (C=O) groups is 3. The zero-order chi connectivity index (χ0) is 20.0. The highest BCUT2D eigenvalue weighted by atomic mass is 16.5. The van der Waals surface area contributed by atoms with Crippen LogP contribution < -0.4 is 10.6 Å². The Labute approximate surface area is 150 Å². The molecule has 0 bridgehead atoms. The predicted molar refractivity (Wildman–Crippen MR) is 88.7 cm³/mol. The summed E-state index contributed by atoms with van der Waals surface area (Å²) in [7, 11) is 0. The van der Waals surface area contributed by atoms with Gasteiger partial charge in [0.2, 0.25) is 17.6 Å². The van der Waals surface area contributed by atoms with Crippen molar-refractivity contribution >= 4 is 17.8 Å². The van der Waals surface area contributed by atoms with Crippen molar-refractivity contribution in [2.75, 3.05) is 6.61 Å². The van der Waals surface area contributed by atoms with Crippen molar-refractivity contribution in [1.29, 1.82) is 0 Å². The second kappa shape index (κ2) is 9.51. The summed E-state index contributed by atoms with van der Waals surface area (Å²) < 4.78 is 5.21. The molecule has 2 amide bonds. The van der Waals surface area contributed by atoms with Crippen LogP contribution in [0.15, 0.2) is 11.8 Å². The first-order valence-electron chi connectivity index (χ1n) is 8.22. The Hall–Kier alpha value is -2.17. The van der Waals surface area contributed by atoms with Crippen LogP contribution in [-0.4, -0.2) is 75.2 Å². The zero-order valence-corrected chi connectivity index (χ0v) is 14.9. The zero-order valence-electron chi connectivity index (χ0n) is 14.9. The van der Waals surface area contributed by atoms with E-state index in [0.717, 1.165) is 6.08 Å². The van der Waals surface area contributed by atoms with Crippen LogP contribution in [0.4, 0.5) is 0 Å². The SMILES string of the molecule is CC(=O)N[C@H]1[C@H]([C@H](O)C(O)CO)OC(C(=O)O)=C[C@@H]1NC(=O)CC(C)C. The Kier molecular flexibility index (Phi) is 8.00. The number of carboxylic acids is 1. The summed E-state index contributed by atoms with van der Waals surface area (Å²) in [6, 6.07) is -2.04. The van der Waals surface area contributed by atoms with Crippen molar-refractivity contribution in [2.45, 2.75) is 57.6 Å². The van der Waals surface area contributed by atoms with Gasteiger partial charge in [0, 0.05) is 13.3 Å². The van der Waals surface area contributed by atoms with E-state index in [4.69, 9.17) is 9.84 Å². The van der Waals surface area contributed by atoms with Gasteiger partial charge in [-0.2, -0.15) is 0 Å². The number of aliphatic carboxylic acids is 1. The van der Waals surface area contributed by atoms with Gasteiger partial charge in [0.25, 0.3) is 0 Å². The number of carboxylic acid groups (broad SMARTS) is 1. The fourth-order valence-electron chi connectivity index (χ4n) is 2.61. The van der Waals surface area contributed by atoms with Crippen molar-refractivity contribution in [1.82, 2.24) is 10.6 Å². The molecule has 1 heterocycles. The van der Waals surface area contributed by atoms with E-state index < -0.39 is 54.6 Å². The van der Waals surface area contributed by atoms with Gasteiger partial charge in [0.15, 0.2) is 0 Å². The van der Waals surface area contributed by atoms with Gasteiger partial charge in [-0.25, -0.2) is 4.79 Å². The molecule has 1 unspecified atom stereocenters. The quantitative estimate of drug-likeness (QED) is 0.287. The minimum atomic E-state index is -1.70. The minimum absolute atomic E-state index is 0.0505. The summed E-state index contributed by atoms with van der Waals surface area (Å²) in [5.41, 5.74) is 0. The average molecular weight is 374 g/mol. The van der Waals surface area contributed by atoms with Crippen LogP contribution in [0.5, 0.6) is 0 Å². The number of amides is 2. The third-order valence-corrected chi connectivity index (χ3v) is 3.75. The first-order chi connectivity index (χ1) is 12.1. The second-order valence-corrected chi connectivity index (χ2v) is 6.58. The van der Waals surface area contributed by atoms with E-state index in [-0.39, 0.29) is 18.2 Å². The molecule has 0 fully saturated rings. The van der Waals surface area contributed by atoms with Crippen LogP contribution in [0.25, 0.3) is 0 Å². The highest BCUT2D eigenvalue weighted by Gasteiger charge is 2.44. The van der Waals surface area contributed by atoms with E-state index in [9.17, 15) is 29.7 Å². The lowest BCUT2D eigenvalue weighted by Gasteiger charge is -2.40. The highest BCUT2D eigenvalue weighted by Crippen LogP contribution is 2.23. The van der Waals surface area contributed by atoms with Gasteiger partial charge < -0.3 is 35.8 Å². The summed E-state index contributed by atoms with van der Waals surface area (Å²) in [5, 5.41) is 43.2. The Bertz CT molecular complexity index is 562. The van der Waals surface area contributed by atoms with Gasteiger partial charge in [0.1, 0.15) is 18.3 Å². The van der Waals surface area contributed by atoms with Crippen LogP contribution in [0.3, 0.4) is 0 Å². The number of hydrogen-bond donors (Lipinski definition) is 6. The Morgan fingerprint density at radius 3 is 2.31 bits per heavy atom. The number of hydrogen-bond acceptors (Lipinski definition) is 7. The molecule has 0 aromatic carbocycles. The lowest BCUT2D eigenvalue weighted by molar-refractivity contribution is -0.147. The van der Waals surface area contributed by atoms with Crippen LogP contribution >= 0.6 is 0 Å². The first kappa shape index (κ1) is 21.9. The van der Waals surface area contributed by atoms with Crippen molar-refractivity contribution in [2.24, 2.45) is 5.92 Å². The monoisotopic (exact) mass is 374 g/mol. The third-order valence-electron chi connectivity index (χ3n) is 3.75.